The molecule has 0 unspecified atom stereocenters. The molecule has 1 N–H and O–H groups in total. The normalized spacial score (nSPS) is 10.5. The number of aromatic amines is 1. The maximum atomic E-state index is 10.6. The standard InChI is InChI=1S/C7H4IN3O2/c8-4-1-2-5(11(12)13)7-6(4)9-3-10-7/h1-3H,(H,9,10). The summed E-state index contributed by atoms with van der Waals surface area (Å²) in [5.41, 5.74) is 1.17. The van der Waals surface area contributed by atoms with Gasteiger partial charge in [0, 0.05) is 9.64 Å². The Bertz CT molecular complexity index is 480. The van der Waals surface area contributed by atoms with Crippen LogP contribution < -0.4 is 0 Å². The Balaban J connectivity index is 2.86. The molecule has 1 heterocycles. The van der Waals surface area contributed by atoms with Crippen molar-refractivity contribution in [3.05, 3.63) is 32.1 Å². The quantitative estimate of drug-likeness (QED) is 0.496. The second kappa shape index (κ2) is 2.95. The van der Waals surface area contributed by atoms with Crippen LogP contribution in [0, 0.1) is 13.7 Å². The van der Waals surface area contributed by atoms with Crippen LogP contribution in [-0.2, 0) is 0 Å². The first-order valence-electron chi connectivity index (χ1n) is 3.46. The Kier molecular flexibility index (Phi) is 1.91. The fraction of sp³-hybridized carbons (Fsp3) is 0. The highest BCUT2D eigenvalue weighted by Crippen LogP contribution is 2.25. The van der Waals surface area contributed by atoms with Gasteiger partial charge in [0.1, 0.15) is 0 Å². The smallest absolute Gasteiger partial charge is 0.297 e. The molecule has 0 spiro atoms. The number of rotatable bonds is 1. The minimum atomic E-state index is -0.431. The number of hydrogen-bond acceptors (Lipinski definition) is 3. The van der Waals surface area contributed by atoms with Gasteiger partial charge in [-0.15, -0.1) is 0 Å². The Labute approximate surface area is 86.5 Å². The van der Waals surface area contributed by atoms with Crippen LogP contribution in [0.2, 0.25) is 0 Å². The molecule has 0 fully saturated rings. The van der Waals surface area contributed by atoms with Crippen LogP contribution in [0.4, 0.5) is 5.69 Å². The van der Waals surface area contributed by atoms with E-state index in [0.717, 1.165) is 9.09 Å². The zero-order valence-corrected chi connectivity index (χ0v) is 8.48. The number of nitrogens with one attached hydrogen (secondary N) is 1. The lowest BCUT2D eigenvalue weighted by molar-refractivity contribution is -0.383. The molecule has 0 saturated heterocycles. The lowest BCUT2D eigenvalue weighted by Gasteiger charge is -1.94. The molecule has 0 aliphatic heterocycles. The van der Waals surface area contributed by atoms with Gasteiger partial charge in [-0.3, -0.25) is 10.1 Å². The van der Waals surface area contributed by atoms with Gasteiger partial charge in [0.15, 0.2) is 5.52 Å². The molecule has 1 aromatic carbocycles. The number of hydrogen-bond donors (Lipinski definition) is 1. The maximum absolute atomic E-state index is 10.6. The molecule has 0 aliphatic rings. The van der Waals surface area contributed by atoms with E-state index in [2.05, 4.69) is 32.6 Å². The van der Waals surface area contributed by atoms with Gasteiger partial charge < -0.3 is 4.98 Å². The average Bonchev–Trinajstić information content (AvgIpc) is 2.53. The number of halogens is 1. The first kappa shape index (κ1) is 8.42. The van der Waals surface area contributed by atoms with Crippen LogP contribution in [0.5, 0.6) is 0 Å². The summed E-state index contributed by atoms with van der Waals surface area (Å²) in [6.07, 6.45) is 1.46. The molecule has 2 aromatic rings. The zero-order chi connectivity index (χ0) is 9.42. The highest BCUT2D eigenvalue weighted by atomic mass is 127. The van der Waals surface area contributed by atoms with Gasteiger partial charge in [-0.2, -0.15) is 0 Å². The van der Waals surface area contributed by atoms with Gasteiger partial charge in [0.05, 0.1) is 16.8 Å². The molecular weight excluding hydrogens is 285 g/mol. The second-order valence-electron chi connectivity index (χ2n) is 2.45. The van der Waals surface area contributed by atoms with E-state index in [1.165, 1.54) is 12.4 Å². The SMILES string of the molecule is O=[N+]([O-])c1ccc(I)c2[nH]cnc12. The minimum Gasteiger partial charge on any atom is -0.344 e. The Morgan fingerprint density at radius 2 is 2.31 bits per heavy atom. The van der Waals surface area contributed by atoms with Crippen LogP contribution in [0.15, 0.2) is 18.5 Å². The summed E-state index contributed by atoms with van der Waals surface area (Å²) in [6, 6.07) is 3.16. The van der Waals surface area contributed by atoms with Crippen molar-refractivity contribution in [1.29, 1.82) is 0 Å². The molecule has 0 amide bonds. The first-order chi connectivity index (χ1) is 6.20. The van der Waals surface area contributed by atoms with E-state index in [4.69, 9.17) is 0 Å². The number of fused-ring (bicyclic) bond motifs is 1. The molecule has 1 aromatic heterocycles. The van der Waals surface area contributed by atoms with E-state index in [9.17, 15) is 10.1 Å². The Hall–Kier alpha value is -1.18. The largest absolute Gasteiger partial charge is 0.344 e. The van der Waals surface area contributed by atoms with Gasteiger partial charge in [-0.05, 0) is 28.7 Å². The van der Waals surface area contributed by atoms with Gasteiger partial charge in [0.2, 0.25) is 0 Å². The van der Waals surface area contributed by atoms with E-state index in [1.54, 1.807) is 6.07 Å². The van der Waals surface area contributed by atoms with E-state index in [-0.39, 0.29) is 5.69 Å². The van der Waals surface area contributed by atoms with Gasteiger partial charge in [0.25, 0.3) is 5.69 Å². The van der Waals surface area contributed by atoms with Gasteiger partial charge in [-0.25, -0.2) is 4.98 Å². The summed E-state index contributed by atoms with van der Waals surface area (Å²) >= 11 is 2.10. The lowest BCUT2D eigenvalue weighted by Crippen LogP contribution is -1.90. The predicted octanol–water partition coefficient (Wildman–Crippen LogP) is 2.08. The molecule has 6 heteroatoms. The fourth-order valence-corrected chi connectivity index (χ4v) is 1.72. The third-order valence-electron chi connectivity index (χ3n) is 1.71. The lowest BCUT2D eigenvalue weighted by atomic mass is 10.3. The van der Waals surface area contributed by atoms with Crippen molar-refractivity contribution in [2.24, 2.45) is 0 Å². The van der Waals surface area contributed by atoms with Crippen molar-refractivity contribution >= 4 is 39.3 Å². The number of aromatic nitrogens is 2. The molecule has 66 valence electrons. The number of nitrogens with zero attached hydrogens (tertiary/aromatic N) is 2. The number of benzene rings is 1. The van der Waals surface area contributed by atoms with Crippen molar-refractivity contribution in [1.82, 2.24) is 9.97 Å². The summed E-state index contributed by atoms with van der Waals surface area (Å²) in [7, 11) is 0. The fourth-order valence-electron chi connectivity index (χ4n) is 1.13. The minimum absolute atomic E-state index is 0.0386. The Morgan fingerprint density at radius 1 is 1.54 bits per heavy atom. The van der Waals surface area contributed by atoms with Crippen molar-refractivity contribution in [3.63, 3.8) is 0 Å². The molecule has 5 nitrogen and oxygen atoms in total. The highest BCUT2D eigenvalue weighted by molar-refractivity contribution is 14.1. The van der Waals surface area contributed by atoms with Crippen molar-refractivity contribution in [2.75, 3.05) is 0 Å². The van der Waals surface area contributed by atoms with Crippen LogP contribution in [0.3, 0.4) is 0 Å². The molecule has 0 aliphatic carbocycles. The average molecular weight is 289 g/mol. The summed E-state index contributed by atoms with van der Waals surface area (Å²) in [5, 5.41) is 10.6. The second-order valence-corrected chi connectivity index (χ2v) is 3.61. The molecule has 0 saturated carbocycles. The predicted molar refractivity (Wildman–Crippen MR) is 55.5 cm³/mol. The molecule has 0 radical (unpaired) electrons. The number of nitro benzene ring substituents is 1. The summed E-state index contributed by atoms with van der Waals surface area (Å²) in [5.74, 6) is 0. The third kappa shape index (κ3) is 1.26. The van der Waals surface area contributed by atoms with E-state index in [0.29, 0.717) is 5.52 Å². The number of non-ortho nitro benzene ring substituents is 1. The zero-order valence-electron chi connectivity index (χ0n) is 6.32. The highest BCUT2D eigenvalue weighted by Gasteiger charge is 2.14. The van der Waals surface area contributed by atoms with Crippen LogP contribution in [0.25, 0.3) is 11.0 Å². The first-order valence-corrected chi connectivity index (χ1v) is 4.54. The van der Waals surface area contributed by atoms with E-state index >= 15 is 0 Å². The van der Waals surface area contributed by atoms with Gasteiger partial charge >= 0.3 is 0 Å². The molecule has 0 atom stereocenters. The van der Waals surface area contributed by atoms with Crippen molar-refractivity contribution < 1.29 is 4.92 Å². The molecular formula is C7H4IN3O2. The number of imidazole rings is 1. The van der Waals surface area contributed by atoms with Crippen molar-refractivity contribution in [3.8, 4) is 0 Å². The van der Waals surface area contributed by atoms with E-state index < -0.39 is 4.92 Å². The Morgan fingerprint density at radius 3 is 3.00 bits per heavy atom. The third-order valence-corrected chi connectivity index (χ3v) is 2.60. The number of H-pyrrole nitrogens is 1. The topological polar surface area (TPSA) is 71.8 Å². The number of nitro groups is 1. The summed E-state index contributed by atoms with van der Waals surface area (Å²) in [4.78, 5) is 16.9. The maximum Gasteiger partial charge on any atom is 0.297 e. The molecule has 0 bridgehead atoms. The van der Waals surface area contributed by atoms with E-state index in [1.807, 2.05) is 0 Å². The van der Waals surface area contributed by atoms with Crippen LogP contribution in [0.1, 0.15) is 0 Å². The van der Waals surface area contributed by atoms with Crippen LogP contribution in [-0.4, -0.2) is 14.9 Å². The van der Waals surface area contributed by atoms with Crippen LogP contribution >= 0.6 is 22.6 Å². The monoisotopic (exact) mass is 289 g/mol. The summed E-state index contributed by atoms with van der Waals surface area (Å²) < 4.78 is 0.927. The summed E-state index contributed by atoms with van der Waals surface area (Å²) in [6.45, 7) is 0. The van der Waals surface area contributed by atoms with Crippen molar-refractivity contribution in [2.45, 2.75) is 0 Å². The molecule has 2 rings (SSSR count). The molecule has 13 heavy (non-hydrogen) atoms. The van der Waals surface area contributed by atoms with Gasteiger partial charge in [-0.1, -0.05) is 0 Å².